The number of hydrogen-bond donors (Lipinski definition) is 3. The molecule has 0 aliphatic rings. The molecule has 2 heterocycles. The summed E-state index contributed by atoms with van der Waals surface area (Å²) in [6.45, 7) is 2.48. The zero-order valence-electron chi connectivity index (χ0n) is 17.8. The standard InChI is InChI=1S/C25H25N5O2/c1-18-16-28-24(29-21-12-6-3-7-13-21)30-23(18)20-15-22(27-17-20)32-25(31)26-14-8-11-19-9-4-2-5-10-19/h2-7,9-10,12-13,15-17,27H,8,11,14H2,1H3,(H,26,31)(H,28,29,30). The van der Waals surface area contributed by atoms with Gasteiger partial charge in [-0.25, -0.2) is 14.8 Å². The Hall–Kier alpha value is -4.13. The Bertz CT molecular complexity index is 1160. The Kier molecular flexibility index (Phi) is 6.77. The largest absolute Gasteiger partial charge is 0.413 e. The topological polar surface area (TPSA) is 91.9 Å². The van der Waals surface area contributed by atoms with Crippen molar-refractivity contribution < 1.29 is 9.53 Å². The molecule has 162 valence electrons. The van der Waals surface area contributed by atoms with Crippen LogP contribution in [0.25, 0.3) is 11.3 Å². The first kappa shape index (κ1) is 21.1. The molecule has 0 saturated heterocycles. The van der Waals surface area contributed by atoms with E-state index in [-0.39, 0.29) is 0 Å². The number of rotatable bonds is 8. The fourth-order valence-corrected chi connectivity index (χ4v) is 3.28. The molecule has 0 bridgehead atoms. The molecule has 0 spiro atoms. The van der Waals surface area contributed by atoms with E-state index < -0.39 is 6.09 Å². The van der Waals surface area contributed by atoms with Crippen LogP contribution in [-0.2, 0) is 6.42 Å². The minimum Gasteiger partial charge on any atom is -0.393 e. The number of aromatic nitrogens is 3. The highest BCUT2D eigenvalue weighted by atomic mass is 16.6. The Balaban J connectivity index is 1.33. The van der Waals surface area contributed by atoms with Crippen molar-refractivity contribution in [1.82, 2.24) is 20.3 Å². The molecule has 7 heteroatoms. The summed E-state index contributed by atoms with van der Waals surface area (Å²) in [6.07, 6.45) is 4.78. The molecule has 4 aromatic rings. The summed E-state index contributed by atoms with van der Waals surface area (Å²) in [5.74, 6) is 0.854. The molecule has 3 N–H and O–H groups in total. The predicted octanol–water partition coefficient (Wildman–Crippen LogP) is 5.24. The van der Waals surface area contributed by atoms with Crippen molar-refractivity contribution in [2.24, 2.45) is 0 Å². The van der Waals surface area contributed by atoms with Gasteiger partial charge >= 0.3 is 6.09 Å². The summed E-state index contributed by atoms with van der Waals surface area (Å²) in [5.41, 5.74) is 4.64. The van der Waals surface area contributed by atoms with Gasteiger partial charge in [0.2, 0.25) is 11.8 Å². The molecular weight excluding hydrogens is 402 g/mol. The van der Waals surface area contributed by atoms with Gasteiger partial charge in [0.25, 0.3) is 0 Å². The number of para-hydroxylation sites is 1. The second kappa shape index (κ2) is 10.3. The van der Waals surface area contributed by atoms with Gasteiger partial charge in [-0.05, 0) is 43.0 Å². The molecule has 2 aromatic heterocycles. The average Bonchev–Trinajstić information content (AvgIpc) is 3.27. The SMILES string of the molecule is Cc1cnc(Nc2ccccc2)nc1-c1c[nH]c(OC(=O)NCCCc2ccccc2)c1. The fourth-order valence-electron chi connectivity index (χ4n) is 3.28. The highest BCUT2D eigenvalue weighted by Gasteiger charge is 2.12. The number of H-pyrrole nitrogens is 1. The normalized spacial score (nSPS) is 10.5. The van der Waals surface area contributed by atoms with Crippen LogP contribution < -0.4 is 15.4 Å². The molecule has 4 rings (SSSR count). The Morgan fingerprint density at radius 2 is 1.81 bits per heavy atom. The van der Waals surface area contributed by atoms with E-state index in [2.05, 4.69) is 37.7 Å². The van der Waals surface area contributed by atoms with Crippen molar-refractivity contribution in [1.29, 1.82) is 0 Å². The van der Waals surface area contributed by atoms with E-state index in [0.717, 1.165) is 35.3 Å². The molecule has 0 saturated carbocycles. The van der Waals surface area contributed by atoms with E-state index in [1.54, 1.807) is 18.5 Å². The quantitative estimate of drug-likeness (QED) is 0.334. The van der Waals surface area contributed by atoms with Gasteiger partial charge < -0.3 is 20.4 Å². The van der Waals surface area contributed by atoms with E-state index in [0.29, 0.717) is 18.4 Å². The maximum absolute atomic E-state index is 12.1. The summed E-state index contributed by atoms with van der Waals surface area (Å²) in [7, 11) is 0. The third-order valence-electron chi connectivity index (χ3n) is 4.89. The molecular formula is C25H25N5O2. The first-order chi connectivity index (χ1) is 15.7. The van der Waals surface area contributed by atoms with Gasteiger partial charge in [0.05, 0.1) is 5.69 Å². The minimum atomic E-state index is -0.489. The molecule has 1 amide bonds. The summed E-state index contributed by atoms with van der Waals surface area (Å²) in [5, 5.41) is 5.97. The van der Waals surface area contributed by atoms with Gasteiger partial charge in [-0.15, -0.1) is 0 Å². The third-order valence-corrected chi connectivity index (χ3v) is 4.89. The van der Waals surface area contributed by atoms with Gasteiger partial charge in [0.1, 0.15) is 0 Å². The summed E-state index contributed by atoms with van der Waals surface area (Å²) in [4.78, 5) is 24.1. The lowest BCUT2D eigenvalue weighted by molar-refractivity contribution is 0.199. The molecule has 2 aromatic carbocycles. The highest BCUT2D eigenvalue weighted by molar-refractivity contribution is 5.71. The van der Waals surface area contributed by atoms with Crippen molar-refractivity contribution in [2.45, 2.75) is 19.8 Å². The highest BCUT2D eigenvalue weighted by Crippen LogP contribution is 2.26. The van der Waals surface area contributed by atoms with Crippen LogP contribution in [0.1, 0.15) is 17.5 Å². The van der Waals surface area contributed by atoms with Gasteiger partial charge in [-0.2, -0.15) is 0 Å². The first-order valence-electron chi connectivity index (χ1n) is 10.5. The van der Waals surface area contributed by atoms with Crippen molar-refractivity contribution >= 4 is 17.7 Å². The number of hydrogen-bond acceptors (Lipinski definition) is 5. The first-order valence-corrected chi connectivity index (χ1v) is 10.5. The number of benzene rings is 2. The van der Waals surface area contributed by atoms with E-state index in [9.17, 15) is 4.79 Å². The van der Waals surface area contributed by atoms with E-state index in [4.69, 9.17) is 4.74 Å². The number of nitrogens with zero attached hydrogens (tertiary/aromatic N) is 2. The molecule has 0 aliphatic heterocycles. The Labute approximate surface area is 186 Å². The Morgan fingerprint density at radius 1 is 1.06 bits per heavy atom. The summed E-state index contributed by atoms with van der Waals surface area (Å²) >= 11 is 0. The maximum Gasteiger partial charge on any atom is 0.413 e. The van der Waals surface area contributed by atoms with Crippen LogP contribution in [-0.4, -0.2) is 27.6 Å². The van der Waals surface area contributed by atoms with Crippen LogP contribution in [0, 0.1) is 6.92 Å². The lowest BCUT2D eigenvalue weighted by atomic mass is 10.1. The number of nitrogens with one attached hydrogen (secondary N) is 3. The fraction of sp³-hybridized carbons (Fsp3) is 0.160. The molecule has 0 fully saturated rings. The van der Waals surface area contributed by atoms with Crippen LogP contribution in [0.4, 0.5) is 16.4 Å². The van der Waals surface area contributed by atoms with Gasteiger partial charge in [-0.1, -0.05) is 48.5 Å². The number of amides is 1. The van der Waals surface area contributed by atoms with Crippen LogP contribution in [0.5, 0.6) is 5.88 Å². The van der Waals surface area contributed by atoms with Crippen LogP contribution in [0.2, 0.25) is 0 Å². The molecule has 0 atom stereocenters. The summed E-state index contributed by atoms with van der Waals surface area (Å²) < 4.78 is 5.37. The minimum absolute atomic E-state index is 0.358. The van der Waals surface area contributed by atoms with Crippen LogP contribution in [0.15, 0.2) is 79.1 Å². The van der Waals surface area contributed by atoms with E-state index in [1.807, 2.05) is 55.5 Å². The smallest absolute Gasteiger partial charge is 0.393 e. The lowest BCUT2D eigenvalue weighted by Crippen LogP contribution is -2.28. The maximum atomic E-state index is 12.1. The monoisotopic (exact) mass is 427 g/mol. The van der Waals surface area contributed by atoms with Crippen molar-refractivity contribution in [3.63, 3.8) is 0 Å². The molecule has 32 heavy (non-hydrogen) atoms. The van der Waals surface area contributed by atoms with Crippen molar-refractivity contribution in [3.05, 3.63) is 90.3 Å². The van der Waals surface area contributed by atoms with Crippen molar-refractivity contribution in [2.75, 3.05) is 11.9 Å². The zero-order chi connectivity index (χ0) is 22.2. The zero-order valence-corrected chi connectivity index (χ0v) is 17.8. The number of anilines is 2. The number of aryl methyl sites for hydroxylation is 2. The van der Waals surface area contributed by atoms with Crippen molar-refractivity contribution in [3.8, 4) is 17.1 Å². The number of ether oxygens (including phenoxy) is 1. The Morgan fingerprint density at radius 3 is 2.59 bits per heavy atom. The number of aromatic amines is 1. The second-order valence-corrected chi connectivity index (χ2v) is 7.37. The molecule has 0 unspecified atom stereocenters. The molecule has 7 nitrogen and oxygen atoms in total. The van der Waals surface area contributed by atoms with Gasteiger partial charge in [0.15, 0.2) is 0 Å². The predicted molar refractivity (Wildman–Crippen MR) is 125 cm³/mol. The molecule has 0 aliphatic carbocycles. The summed E-state index contributed by atoms with van der Waals surface area (Å²) in [6, 6.07) is 21.7. The number of carbonyl (C=O) groups excluding carboxylic acids is 1. The van der Waals surface area contributed by atoms with Gasteiger partial charge in [-0.3, -0.25) is 0 Å². The average molecular weight is 428 g/mol. The van der Waals surface area contributed by atoms with Gasteiger partial charge in [0, 0.05) is 36.3 Å². The van der Waals surface area contributed by atoms with Crippen LogP contribution in [0.3, 0.4) is 0 Å². The number of carbonyl (C=O) groups is 1. The van der Waals surface area contributed by atoms with E-state index in [1.165, 1.54) is 5.56 Å². The second-order valence-electron chi connectivity index (χ2n) is 7.37. The van der Waals surface area contributed by atoms with E-state index >= 15 is 0 Å². The third kappa shape index (κ3) is 5.72. The lowest BCUT2D eigenvalue weighted by Gasteiger charge is -2.08. The van der Waals surface area contributed by atoms with Crippen LogP contribution >= 0.6 is 0 Å². The molecule has 0 radical (unpaired) electrons.